The third kappa shape index (κ3) is 5.59. The molecule has 1 saturated carbocycles. The van der Waals surface area contributed by atoms with Gasteiger partial charge in [-0.25, -0.2) is 0 Å². The molecule has 0 bridgehead atoms. The normalized spacial score (nSPS) is 19.2. The zero-order chi connectivity index (χ0) is 21.4. The minimum absolute atomic E-state index is 0.167. The molecule has 0 spiro atoms. The number of benzene rings is 1. The molecule has 0 aliphatic heterocycles. The number of esters is 1. The van der Waals surface area contributed by atoms with Crippen LogP contribution >= 0.6 is 11.6 Å². The number of aliphatic hydroxyl groups is 2. The van der Waals surface area contributed by atoms with E-state index in [0.717, 1.165) is 24.8 Å². The molecule has 0 aromatic heterocycles. The van der Waals surface area contributed by atoms with Crippen molar-refractivity contribution in [1.82, 2.24) is 0 Å². The Hall–Kier alpha value is -1.43. The molecule has 3 atom stereocenters. The molecule has 0 saturated heterocycles. The monoisotopic (exact) mass is 424 g/mol. The van der Waals surface area contributed by atoms with Crippen molar-refractivity contribution < 1.29 is 24.5 Å². The van der Waals surface area contributed by atoms with Crippen molar-refractivity contribution in [2.24, 2.45) is 11.3 Å². The van der Waals surface area contributed by atoms with Gasteiger partial charge in [0.15, 0.2) is 5.78 Å². The summed E-state index contributed by atoms with van der Waals surface area (Å²) in [5.74, 6) is -1.68. The molecular weight excluding hydrogens is 392 g/mol. The minimum Gasteiger partial charge on any atom is -0.465 e. The maximum atomic E-state index is 13.9. The molecule has 0 amide bonds. The second-order valence-electron chi connectivity index (χ2n) is 7.99. The predicted molar refractivity (Wildman–Crippen MR) is 113 cm³/mol. The smallest absolute Gasteiger partial charge is 0.319 e. The summed E-state index contributed by atoms with van der Waals surface area (Å²) in [6.45, 7) is 3.59. The van der Waals surface area contributed by atoms with Crippen LogP contribution in [0.2, 0.25) is 5.02 Å². The van der Waals surface area contributed by atoms with Crippen LogP contribution < -0.4 is 0 Å². The fraction of sp³-hybridized carbons (Fsp3) is 0.652. The molecule has 1 aromatic rings. The Morgan fingerprint density at radius 2 is 1.76 bits per heavy atom. The molecule has 0 heterocycles. The van der Waals surface area contributed by atoms with Crippen molar-refractivity contribution in [3.63, 3.8) is 0 Å². The summed E-state index contributed by atoms with van der Waals surface area (Å²) in [5.41, 5.74) is -0.411. The number of ether oxygens (including phenoxy) is 1. The fourth-order valence-corrected chi connectivity index (χ4v) is 4.51. The topological polar surface area (TPSA) is 83.8 Å². The molecule has 162 valence electrons. The lowest BCUT2D eigenvalue weighted by molar-refractivity contribution is -0.163. The van der Waals surface area contributed by atoms with Crippen LogP contribution in [-0.4, -0.2) is 41.3 Å². The number of rotatable bonds is 10. The van der Waals surface area contributed by atoms with Gasteiger partial charge in [0.05, 0.1) is 12.7 Å². The van der Waals surface area contributed by atoms with Gasteiger partial charge < -0.3 is 14.9 Å². The Morgan fingerprint density at radius 1 is 1.14 bits per heavy atom. The largest absolute Gasteiger partial charge is 0.465 e. The number of hydrogen-bond acceptors (Lipinski definition) is 5. The molecule has 6 heteroatoms. The standard InChI is InChI=1S/C23H33ClO5/c1-3-20(26)17(15-25)14-19(16-8-10-18(24)11-9-16)21(27)23(22(28)29-4-2)12-6-5-7-13-23/h8-11,17,19-20,25-26H,3-7,12-15H2,1-2H3. The van der Waals surface area contributed by atoms with Crippen molar-refractivity contribution in [1.29, 1.82) is 0 Å². The van der Waals surface area contributed by atoms with E-state index in [-0.39, 0.29) is 25.4 Å². The number of halogens is 1. The highest BCUT2D eigenvalue weighted by atomic mass is 35.5. The third-order valence-corrected chi connectivity index (χ3v) is 6.42. The minimum atomic E-state index is -1.16. The first kappa shape index (κ1) is 23.8. The zero-order valence-electron chi connectivity index (χ0n) is 17.4. The number of ketones is 1. The van der Waals surface area contributed by atoms with E-state index < -0.39 is 29.3 Å². The highest BCUT2D eigenvalue weighted by Gasteiger charge is 2.50. The van der Waals surface area contributed by atoms with Gasteiger partial charge in [-0.1, -0.05) is 49.9 Å². The average Bonchev–Trinajstić information content (AvgIpc) is 2.75. The van der Waals surface area contributed by atoms with Gasteiger partial charge in [-0.3, -0.25) is 9.59 Å². The van der Waals surface area contributed by atoms with Crippen LogP contribution in [0.3, 0.4) is 0 Å². The predicted octanol–water partition coefficient (Wildman–Crippen LogP) is 4.28. The van der Waals surface area contributed by atoms with E-state index in [1.807, 2.05) is 6.92 Å². The number of Topliss-reactive ketones (excluding diaryl/α,β-unsaturated/α-hetero) is 1. The molecule has 1 aliphatic carbocycles. The maximum absolute atomic E-state index is 13.9. The number of hydrogen-bond donors (Lipinski definition) is 2. The van der Waals surface area contributed by atoms with E-state index in [9.17, 15) is 19.8 Å². The van der Waals surface area contributed by atoms with Crippen LogP contribution in [0.4, 0.5) is 0 Å². The Balaban J connectivity index is 2.45. The summed E-state index contributed by atoms with van der Waals surface area (Å²) < 4.78 is 5.33. The second kappa shape index (κ2) is 11.1. The Kier molecular flexibility index (Phi) is 9.12. The SMILES string of the molecule is CCOC(=O)C1(C(=O)C(CC(CO)C(O)CC)c2ccc(Cl)cc2)CCCCC1. The van der Waals surface area contributed by atoms with E-state index in [2.05, 4.69) is 0 Å². The summed E-state index contributed by atoms with van der Waals surface area (Å²) in [6.07, 6.45) is 3.60. The van der Waals surface area contributed by atoms with Crippen LogP contribution in [0.25, 0.3) is 0 Å². The van der Waals surface area contributed by atoms with Crippen LogP contribution in [0, 0.1) is 11.3 Å². The summed E-state index contributed by atoms with van der Waals surface area (Å²) >= 11 is 6.03. The maximum Gasteiger partial charge on any atom is 0.319 e. The molecule has 1 aromatic carbocycles. The van der Waals surface area contributed by atoms with Gasteiger partial charge in [0.25, 0.3) is 0 Å². The van der Waals surface area contributed by atoms with Crippen molar-refractivity contribution >= 4 is 23.4 Å². The van der Waals surface area contributed by atoms with E-state index >= 15 is 0 Å². The highest BCUT2D eigenvalue weighted by molar-refractivity contribution is 6.30. The van der Waals surface area contributed by atoms with Crippen LogP contribution in [0.5, 0.6) is 0 Å². The lowest BCUT2D eigenvalue weighted by Crippen LogP contribution is -2.45. The van der Waals surface area contributed by atoms with Crippen LogP contribution in [-0.2, 0) is 14.3 Å². The van der Waals surface area contributed by atoms with Gasteiger partial charge >= 0.3 is 5.97 Å². The Bertz CT molecular complexity index is 666. The first-order valence-electron chi connectivity index (χ1n) is 10.7. The first-order chi connectivity index (χ1) is 13.9. The average molecular weight is 425 g/mol. The summed E-state index contributed by atoms with van der Waals surface area (Å²) in [6, 6.07) is 7.03. The molecule has 0 radical (unpaired) electrons. The zero-order valence-corrected chi connectivity index (χ0v) is 18.2. The summed E-state index contributed by atoms with van der Waals surface area (Å²) in [7, 11) is 0. The van der Waals surface area contributed by atoms with E-state index in [0.29, 0.717) is 24.3 Å². The number of carbonyl (C=O) groups is 2. The molecule has 29 heavy (non-hydrogen) atoms. The summed E-state index contributed by atoms with van der Waals surface area (Å²) in [5, 5.41) is 20.7. The molecule has 3 unspecified atom stereocenters. The summed E-state index contributed by atoms with van der Waals surface area (Å²) in [4.78, 5) is 26.8. The molecule has 1 fully saturated rings. The Labute approximate surface area is 178 Å². The van der Waals surface area contributed by atoms with E-state index in [4.69, 9.17) is 16.3 Å². The Morgan fingerprint density at radius 3 is 2.28 bits per heavy atom. The van der Waals surface area contributed by atoms with Crippen molar-refractivity contribution in [3.05, 3.63) is 34.9 Å². The molecule has 2 rings (SSSR count). The number of carbonyl (C=O) groups excluding carboxylic acids is 2. The van der Waals surface area contributed by atoms with Crippen LogP contribution in [0.1, 0.15) is 70.3 Å². The van der Waals surface area contributed by atoms with Crippen molar-refractivity contribution in [2.45, 2.75) is 70.8 Å². The lowest BCUT2D eigenvalue weighted by Gasteiger charge is -2.37. The quantitative estimate of drug-likeness (QED) is 0.432. The lowest BCUT2D eigenvalue weighted by atomic mass is 9.65. The van der Waals surface area contributed by atoms with Crippen molar-refractivity contribution in [3.8, 4) is 0 Å². The third-order valence-electron chi connectivity index (χ3n) is 6.17. The van der Waals surface area contributed by atoms with Gasteiger partial charge in [-0.05, 0) is 50.3 Å². The molecule has 5 nitrogen and oxygen atoms in total. The second-order valence-corrected chi connectivity index (χ2v) is 8.42. The van der Waals surface area contributed by atoms with Gasteiger partial charge in [0.2, 0.25) is 0 Å². The van der Waals surface area contributed by atoms with Gasteiger partial charge in [-0.2, -0.15) is 0 Å². The number of aliphatic hydroxyl groups excluding tert-OH is 2. The van der Waals surface area contributed by atoms with Gasteiger partial charge in [0, 0.05) is 23.5 Å². The van der Waals surface area contributed by atoms with Crippen LogP contribution in [0.15, 0.2) is 24.3 Å². The van der Waals surface area contributed by atoms with E-state index in [1.54, 1.807) is 31.2 Å². The molecular formula is C23H33ClO5. The van der Waals surface area contributed by atoms with Gasteiger partial charge in [-0.15, -0.1) is 0 Å². The fourth-order valence-electron chi connectivity index (χ4n) is 4.39. The molecule has 2 N–H and O–H groups in total. The van der Waals surface area contributed by atoms with Gasteiger partial charge in [0.1, 0.15) is 5.41 Å². The van der Waals surface area contributed by atoms with E-state index in [1.165, 1.54) is 0 Å². The van der Waals surface area contributed by atoms with Crippen molar-refractivity contribution in [2.75, 3.05) is 13.2 Å². The molecule has 1 aliphatic rings. The highest BCUT2D eigenvalue weighted by Crippen LogP contribution is 2.44. The first-order valence-corrected chi connectivity index (χ1v) is 11.0.